The highest BCUT2D eigenvalue weighted by molar-refractivity contribution is 6.31. The van der Waals surface area contributed by atoms with Gasteiger partial charge < -0.3 is 14.6 Å². The number of piperidine rings is 1. The van der Waals surface area contributed by atoms with Crippen LogP contribution < -0.4 is 0 Å². The topological polar surface area (TPSA) is 58.4 Å². The molecule has 0 aromatic carbocycles. The summed E-state index contributed by atoms with van der Waals surface area (Å²) in [6.45, 7) is 0.596. The average molecular weight is 422 g/mol. The molecule has 1 aromatic heterocycles. The lowest BCUT2D eigenvalue weighted by atomic mass is 9.91. The molecule has 3 rings (SSSR count). The minimum Gasteiger partial charge on any atom is -0.373 e. The van der Waals surface area contributed by atoms with Gasteiger partial charge in [0.05, 0.1) is 12.4 Å². The van der Waals surface area contributed by atoms with Crippen molar-refractivity contribution in [3.05, 3.63) is 41.2 Å². The molecule has 2 heterocycles. The predicted octanol–water partition coefficient (Wildman–Crippen LogP) is 3.82. The van der Waals surface area contributed by atoms with Gasteiger partial charge in [-0.3, -0.25) is 4.79 Å². The van der Waals surface area contributed by atoms with E-state index in [0.717, 1.165) is 10.6 Å². The Kier molecular flexibility index (Phi) is 5.60. The van der Waals surface area contributed by atoms with Crippen LogP contribution in [0.3, 0.4) is 0 Å². The average Bonchev–Trinajstić information content (AvgIpc) is 3.09. The van der Waals surface area contributed by atoms with Crippen LogP contribution in [0.4, 0.5) is 17.6 Å². The summed E-state index contributed by atoms with van der Waals surface area (Å²) in [6, 6.07) is -0.564. The zero-order chi connectivity index (χ0) is 20.7. The van der Waals surface area contributed by atoms with E-state index in [1.165, 1.54) is 12.4 Å². The smallest absolute Gasteiger partial charge is 0.373 e. The highest BCUT2D eigenvalue weighted by Crippen LogP contribution is 2.37. The fraction of sp³-hybridized carbons (Fsp3) is 0.556. The number of alkyl halides is 3. The molecule has 1 amide bonds. The molecule has 0 saturated carbocycles. The number of amides is 1. The largest absolute Gasteiger partial charge is 0.426 e. The first-order valence-corrected chi connectivity index (χ1v) is 9.23. The highest BCUT2D eigenvalue weighted by Gasteiger charge is 2.57. The van der Waals surface area contributed by atoms with Crippen molar-refractivity contribution in [2.45, 2.75) is 49.9 Å². The number of likely N-dealkylation sites (tertiary alicyclic amines) is 1. The standard InChI is InChI=1S/C18H20ClF4N3O2/c1-17(28,18(21,22)23)16(27)25-6-4-11(5-7-25)15-9-24-10-26(15)14-3-2-12(19)8-13(14)20/h2,8-11,14,28H,3-7H2,1H3. The van der Waals surface area contributed by atoms with Gasteiger partial charge in [-0.2, -0.15) is 13.2 Å². The number of aromatic nitrogens is 2. The van der Waals surface area contributed by atoms with Crippen molar-refractivity contribution in [3.63, 3.8) is 0 Å². The van der Waals surface area contributed by atoms with E-state index in [4.69, 9.17) is 11.6 Å². The number of carbonyl (C=O) groups is 1. The lowest BCUT2D eigenvalue weighted by Crippen LogP contribution is -2.57. The van der Waals surface area contributed by atoms with Crippen LogP contribution in [-0.2, 0) is 4.79 Å². The molecule has 0 radical (unpaired) electrons. The van der Waals surface area contributed by atoms with Gasteiger partial charge in [0.1, 0.15) is 5.83 Å². The van der Waals surface area contributed by atoms with Crippen molar-refractivity contribution in [1.29, 1.82) is 0 Å². The Bertz CT molecular complexity index is 808. The molecule has 154 valence electrons. The molecule has 1 aliphatic heterocycles. The van der Waals surface area contributed by atoms with Crippen LogP contribution in [0, 0.1) is 0 Å². The second kappa shape index (κ2) is 7.51. The van der Waals surface area contributed by atoms with E-state index in [-0.39, 0.29) is 24.8 Å². The van der Waals surface area contributed by atoms with Crippen molar-refractivity contribution in [3.8, 4) is 0 Å². The Morgan fingerprint density at radius 1 is 1.32 bits per heavy atom. The number of allylic oxidation sites excluding steroid dienone is 4. The summed E-state index contributed by atoms with van der Waals surface area (Å²) in [5.41, 5.74) is -2.65. The normalized spacial score (nSPS) is 23.8. The molecule has 2 aliphatic rings. The van der Waals surface area contributed by atoms with E-state index in [0.29, 0.717) is 31.2 Å². The Hall–Kier alpha value is -1.87. The molecule has 0 bridgehead atoms. The van der Waals surface area contributed by atoms with Gasteiger partial charge in [0.25, 0.3) is 5.91 Å². The Labute approximate surface area is 164 Å². The molecule has 1 aliphatic carbocycles. The number of hydrogen-bond donors (Lipinski definition) is 1. The summed E-state index contributed by atoms with van der Waals surface area (Å²) in [5.74, 6) is -1.83. The van der Waals surface area contributed by atoms with E-state index in [1.807, 2.05) is 0 Å². The minimum atomic E-state index is -5.04. The number of hydrogen-bond acceptors (Lipinski definition) is 3. The monoisotopic (exact) mass is 421 g/mol. The molecular formula is C18H20ClF4N3O2. The van der Waals surface area contributed by atoms with Crippen LogP contribution >= 0.6 is 11.6 Å². The molecule has 1 fully saturated rings. The summed E-state index contributed by atoms with van der Waals surface area (Å²) in [5, 5.41) is 9.92. The van der Waals surface area contributed by atoms with E-state index in [1.54, 1.807) is 16.8 Å². The van der Waals surface area contributed by atoms with Crippen molar-refractivity contribution >= 4 is 17.5 Å². The van der Waals surface area contributed by atoms with Gasteiger partial charge in [-0.15, -0.1) is 0 Å². The maximum atomic E-state index is 14.3. The van der Waals surface area contributed by atoms with Crippen molar-refractivity contribution < 1.29 is 27.5 Å². The Morgan fingerprint density at radius 2 is 1.96 bits per heavy atom. The summed E-state index contributed by atoms with van der Waals surface area (Å²) in [7, 11) is 0. The lowest BCUT2D eigenvalue weighted by molar-refractivity contribution is -0.250. The number of nitrogens with zero attached hydrogens (tertiary/aromatic N) is 3. The van der Waals surface area contributed by atoms with Gasteiger partial charge in [-0.1, -0.05) is 17.7 Å². The predicted molar refractivity (Wildman–Crippen MR) is 94.2 cm³/mol. The van der Waals surface area contributed by atoms with Gasteiger partial charge >= 0.3 is 6.18 Å². The van der Waals surface area contributed by atoms with Gasteiger partial charge in [-0.25, -0.2) is 9.37 Å². The lowest BCUT2D eigenvalue weighted by Gasteiger charge is -2.37. The summed E-state index contributed by atoms with van der Waals surface area (Å²) >= 11 is 5.82. The van der Waals surface area contributed by atoms with E-state index in [9.17, 15) is 27.5 Å². The summed E-state index contributed by atoms with van der Waals surface area (Å²) < 4.78 is 54.7. The third-order valence-corrected chi connectivity index (χ3v) is 5.59. The number of halogens is 5. The van der Waals surface area contributed by atoms with Crippen LogP contribution in [0.25, 0.3) is 0 Å². The van der Waals surface area contributed by atoms with E-state index < -0.39 is 23.7 Å². The van der Waals surface area contributed by atoms with Crippen LogP contribution in [0.15, 0.2) is 35.5 Å². The quantitative estimate of drug-likeness (QED) is 0.755. The summed E-state index contributed by atoms with van der Waals surface area (Å²) in [4.78, 5) is 17.2. The minimum absolute atomic E-state index is 0.0651. The molecule has 2 atom stereocenters. The van der Waals surface area contributed by atoms with E-state index >= 15 is 0 Å². The second-order valence-electron chi connectivity index (χ2n) is 7.23. The third-order valence-electron chi connectivity index (χ3n) is 5.33. The van der Waals surface area contributed by atoms with Crippen LogP contribution in [0.5, 0.6) is 0 Å². The molecule has 28 heavy (non-hydrogen) atoms. The number of rotatable bonds is 3. The first kappa shape index (κ1) is 20.9. The van der Waals surface area contributed by atoms with Crippen LogP contribution in [0.1, 0.15) is 43.8 Å². The van der Waals surface area contributed by atoms with Crippen molar-refractivity contribution in [2.24, 2.45) is 0 Å². The summed E-state index contributed by atoms with van der Waals surface area (Å²) in [6.07, 6.45) is 2.20. The SMILES string of the molecule is CC(O)(C(=O)N1CCC(c2cncn2C2CC=C(Cl)C=C2F)CC1)C(F)(F)F. The second-order valence-corrected chi connectivity index (χ2v) is 7.67. The zero-order valence-corrected chi connectivity index (χ0v) is 15.8. The molecular weight excluding hydrogens is 402 g/mol. The molecule has 10 heteroatoms. The van der Waals surface area contributed by atoms with Crippen LogP contribution in [0.2, 0.25) is 0 Å². The number of aliphatic hydroxyl groups is 1. The molecule has 5 nitrogen and oxygen atoms in total. The number of imidazole rings is 1. The molecule has 1 N–H and O–H groups in total. The van der Waals surface area contributed by atoms with E-state index in [2.05, 4.69) is 4.98 Å². The molecule has 0 spiro atoms. The zero-order valence-electron chi connectivity index (χ0n) is 15.1. The first-order chi connectivity index (χ1) is 13.0. The molecule has 1 saturated heterocycles. The van der Waals surface area contributed by atoms with Gasteiger partial charge in [0.2, 0.25) is 5.60 Å². The molecule has 2 unspecified atom stereocenters. The first-order valence-electron chi connectivity index (χ1n) is 8.85. The Morgan fingerprint density at radius 3 is 2.54 bits per heavy atom. The maximum Gasteiger partial charge on any atom is 0.426 e. The Balaban J connectivity index is 1.70. The third kappa shape index (κ3) is 3.82. The maximum absolute atomic E-state index is 14.3. The fourth-order valence-electron chi connectivity index (χ4n) is 3.57. The van der Waals surface area contributed by atoms with Gasteiger partial charge in [-0.05, 0) is 32.3 Å². The number of carbonyl (C=O) groups excluding carboxylic acids is 1. The van der Waals surface area contributed by atoms with Gasteiger partial charge in [0, 0.05) is 35.9 Å². The van der Waals surface area contributed by atoms with Gasteiger partial charge in [0.15, 0.2) is 0 Å². The highest BCUT2D eigenvalue weighted by atomic mass is 35.5. The van der Waals surface area contributed by atoms with Crippen molar-refractivity contribution in [2.75, 3.05) is 13.1 Å². The molecule has 1 aromatic rings. The fourth-order valence-corrected chi connectivity index (χ4v) is 3.76. The van der Waals surface area contributed by atoms with Crippen LogP contribution in [-0.4, -0.2) is 50.3 Å². The van der Waals surface area contributed by atoms with Crippen molar-refractivity contribution in [1.82, 2.24) is 14.5 Å².